The van der Waals surface area contributed by atoms with Crippen LogP contribution in [0.1, 0.15) is 13.8 Å². The van der Waals surface area contributed by atoms with Crippen LogP contribution in [-0.2, 0) is 9.59 Å². The van der Waals surface area contributed by atoms with E-state index in [1.165, 1.54) is 17.0 Å². The second kappa shape index (κ2) is 11.4. The van der Waals surface area contributed by atoms with Gasteiger partial charge in [-0.1, -0.05) is 11.6 Å². The van der Waals surface area contributed by atoms with Crippen LogP contribution in [0.15, 0.2) is 36.4 Å². The number of likely N-dealkylation sites (N-methyl/N-ethyl adjacent to an activating group) is 1. The van der Waals surface area contributed by atoms with E-state index in [2.05, 4.69) is 10.6 Å². The number of hydrogen-bond acceptors (Lipinski definition) is 5. The number of halogens is 2. The van der Waals surface area contributed by atoms with Gasteiger partial charge in [-0.15, -0.1) is 0 Å². The summed E-state index contributed by atoms with van der Waals surface area (Å²) in [5.74, 6) is -0.256. The Hall–Kier alpha value is -2.84. The molecule has 2 N–H and O–H groups in total. The number of hydrogen-bond donors (Lipinski definition) is 2. The first kappa shape index (κ1) is 23.4. The molecule has 0 aliphatic carbocycles. The molecule has 2 aromatic rings. The lowest BCUT2D eigenvalue weighted by molar-refractivity contribution is -0.119. The van der Waals surface area contributed by atoms with Gasteiger partial charge < -0.3 is 20.1 Å². The van der Waals surface area contributed by atoms with Crippen LogP contribution in [-0.4, -0.2) is 50.1 Å². The highest BCUT2D eigenvalue weighted by molar-refractivity contribution is 6.30. The number of nitrogens with one attached hydrogen (secondary N) is 2. The zero-order valence-electron chi connectivity index (χ0n) is 17.1. The fourth-order valence-electron chi connectivity index (χ4n) is 2.66. The Kier molecular flexibility index (Phi) is 8.89. The Morgan fingerprint density at radius 1 is 0.967 bits per heavy atom. The van der Waals surface area contributed by atoms with E-state index in [0.717, 1.165) is 6.07 Å². The maximum Gasteiger partial charge on any atom is 0.238 e. The third-order valence-electron chi connectivity index (χ3n) is 3.86. The molecule has 2 rings (SSSR count). The molecule has 0 aromatic heterocycles. The first-order chi connectivity index (χ1) is 14.3. The monoisotopic (exact) mass is 437 g/mol. The Balaban J connectivity index is 1.89. The predicted octanol–water partition coefficient (Wildman–Crippen LogP) is 3.79. The van der Waals surface area contributed by atoms with Crippen molar-refractivity contribution in [2.45, 2.75) is 13.8 Å². The molecule has 0 saturated heterocycles. The van der Waals surface area contributed by atoms with E-state index in [0.29, 0.717) is 30.4 Å². The zero-order valence-corrected chi connectivity index (χ0v) is 17.9. The molecule has 2 aromatic carbocycles. The maximum atomic E-state index is 13.8. The first-order valence-corrected chi connectivity index (χ1v) is 9.83. The summed E-state index contributed by atoms with van der Waals surface area (Å²) in [6.07, 6.45) is 0. The highest BCUT2D eigenvalue weighted by atomic mass is 35.5. The molecule has 30 heavy (non-hydrogen) atoms. The van der Waals surface area contributed by atoms with Crippen LogP contribution < -0.4 is 20.1 Å². The van der Waals surface area contributed by atoms with E-state index in [4.69, 9.17) is 21.1 Å². The Labute approximate surface area is 180 Å². The highest BCUT2D eigenvalue weighted by Gasteiger charge is 2.14. The fourth-order valence-corrected chi connectivity index (χ4v) is 2.81. The van der Waals surface area contributed by atoms with Crippen molar-refractivity contribution in [3.05, 3.63) is 47.2 Å². The second-order valence-electron chi connectivity index (χ2n) is 6.42. The van der Waals surface area contributed by atoms with Gasteiger partial charge in [-0.25, -0.2) is 4.39 Å². The quantitative estimate of drug-likeness (QED) is 0.591. The Morgan fingerprint density at radius 2 is 1.60 bits per heavy atom. The van der Waals surface area contributed by atoms with Crippen LogP contribution in [0, 0.1) is 5.82 Å². The van der Waals surface area contributed by atoms with Gasteiger partial charge in [-0.2, -0.15) is 0 Å². The first-order valence-electron chi connectivity index (χ1n) is 9.45. The average molecular weight is 438 g/mol. The van der Waals surface area contributed by atoms with Gasteiger partial charge in [0.15, 0.2) is 11.5 Å². The average Bonchev–Trinajstić information content (AvgIpc) is 2.66. The minimum absolute atomic E-state index is 0.0279. The lowest BCUT2D eigenvalue weighted by Gasteiger charge is -2.17. The maximum absolute atomic E-state index is 13.8. The molecule has 0 fully saturated rings. The Bertz CT molecular complexity index is 895. The van der Waals surface area contributed by atoms with Crippen LogP contribution in [0.5, 0.6) is 11.5 Å². The zero-order chi connectivity index (χ0) is 22.1. The molecular weight excluding hydrogens is 413 g/mol. The second-order valence-corrected chi connectivity index (χ2v) is 6.86. The molecule has 0 atom stereocenters. The van der Waals surface area contributed by atoms with Crippen molar-refractivity contribution in [2.24, 2.45) is 0 Å². The molecule has 0 bridgehead atoms. The van der Waals surface area contributed by atoms with Crippen LogP contribution in [0.2, 0.25) is 5.02 Å². The van der Waals surface area contributed by atoms with Crippen molar-refractivity contribution in [2.75, 3.05) is 44.0 Å². The van der Waals surface area contributed by atoms with Gasteiger partial charge in [0, 0.05) is 16.8 Å². The number of benzene rings is 2. The van der Waals surface area contributed by atoms with Crippen molar-refractivity contribution in [3.8, 4) is 11.5 Å². The van der Waals surface area contributed by atoms with Crippen molar-refractivity contribution >= 4 is 34.8 Å². The van der Waals surface area contributed by atoms with Crippen molar-refractivity contribution in [3.63, 3.8) is 0 Å². The largest absolute Gasteiger partial charge is 0.490 e. The SMILES string of the molecule is CCOc1ccc(NC(=O)CN(C)CC(=O)Nc2ccc(Cl)cc2F)cc1OCC. The number of anilines is 2. The van der Waals surface area contributed by atoms with E-state index in [1.54, 1.807) is 25.2 Å². The third-order valence-corrected chi connectivity index (χ3v) is 4.09. The molecular formula is C21H25ClFN3O4. The number of ether oxygens (including phenoxy) is 2. The van der Waals surface area contributed by atoms with Gasteiger partial charge in [0.25, 0.3) is 0 Å². The summed E-state index contributed by atoms with van der Waals surface area (Å²) in [4.78, 5) is 25.9. The molecule has 162 valence electrons. The van der Waals surface area contributed by atoms with Gasteiger partial charge >= 0.3 is 0 Å². The number of carbonyl (C=O) groups is 2. The van der Waals surface area contributed by atoms with Crippen LogP contribution in [0.25, 0.3) is 0 Å². The van der Waals surface area contributed by atoms with Crippen LogP contribution in [0.4, 0.5) is 15.8 Å². The summed E-state index contributed by atoms with van der Waals surface area (Å²) in [7, 11) is 1.61. The van der Waals surface area contributed by atoms with E-state index >= 15 is 0 Å². The van der Waals surface area contributed by atoms with Gasteiger partial charge in [-0.3, -0.25) is 14.5 Å². The smallest absolute Gasteiger partial charge is 0.238 e. The lowest BCUT2D eigenvalue weighted by Crippen LogP contribution is -2.36. The summed E-state index contributed by atoms with van der Waals surface area (Å²) in [5.41, 5.74) is 0.577. The summed E-state index contributed by atoms with van der Waals surface area (Å²) in [6.45, 7) is 4.56. The van der Waals surface area contributed by atoms with E-state index in [9.17, 15) is 14.0 Å². The van der Waals surface area contributed by atoms with Crippen molar-refractivity contribution in [1.82, 2.24) is 4.90 Å². The van der Waals surface area contributed by atoms with Gasteiger partial charge in [0.2, 0.25) is 11.8 Å². The van der Waals surface area contributed by atoms with Gasteiger partial charge in [0.05, 0.1) is 32.0 Å². The number of rotatable bonds is 10. The van der Waals surface area contributed by atoms with E-state index in [1.807, 2.05) is 13.8 Å². The lowest BCUT2D eigenvalue weighted by atomic mass is 10.2. The van der Waals surface area contributed by atoms with E-state index < -0.39 is 11.7 Å². The molecule has 0 radical (unpaired) electrons. The number of amides is 2. The van der Waals surface area contributed by atoms with Gasteiger partial charge in [-0.05, 0) is 51.2 Å². The topological polar surface area (TPSA) is 79.9 Å². The summed E-state index contributed by atoms with van der Waals surface area (Å²) >= 11 is 5.69. The molecule has 2 amide bonds. The van der Waals surface area contributed by atoms with Crippen LogP contribution in [0.3, 0.4) is 0 Å². The summed E-state index contributed by atoms with van der Waals surface area (Å²) in [5, 5.41) is 5.45. The molecule has 7 nitrogen and oxygen atoms in total. The minimum atomic E-state index is -0.628. The third kappa shape index (κ3) is 7.20. The molecule has 9 heteroatoms. The van der Waals surface area contributed by atoms with E-state index in [-0.39, 0.29) is 29.7 Å². The van der Waals surface area contributed by atoms with Crippen LogP contribution >= 0.6 is 11.6 Å². The predicted molar refractivity (Wildman–Crippen MR) is 115 cm³/mol. The molecule has 0 spiro atoms. The fraction of sp³-hybridized carbons (Fsp3) is 0.333. The number of nitrogens with zero attached hydrogens (tertiary/aromatic N) is 1. The normalized spacial score (nSPS) is 10.6. The highest BCUT2D eigenvalue weighted by Crippen LogP contribution is 2.30. The molecule has 0 unspecified atom stereocenters. The van der Waals surface area contributed by atoms with Gasteiger partial charge in [0.1, 0.15) is 5.82 Å². The van der Waals surface area contributed by atoms with Crippen molar-refractivity contribution in [1.29, 1.82) is 0 Å². The molecule has 0 aliphatic rings. The number of carbonyl (C=O) groups excluding carboxylic acids is 2. The van der Waals surface area contributed by atoms with Crippen molar-refractivity contribution < 1.29 is 23.5 Å². The molecule has 0 aliphatic heterocycles. The Morgan fingerprint density at radius 3 is 2.23 bits per heavy atom. The summed E-state index contributed by atoms with van der Waals surface area (Å²) < 4.78 is 24.8. The summed E-state index contributed by atoms with van der Waals surface area (Å²) in [6, 6.07) is 9.09. The molecule has 0 saturated carbocycles. The molecule has 0 heterocycles. The minimum Gasteiger partial charge on any atom is -0.490 e. The standard InChI is InChI=1S/C21H25ClFN3O4/c1-4-29-18-9-7-15(11-19(18)30-5-2)24-20(27)12-26(3)13-21(28)25-17-8-6-14(22)10-16(17)23/h6-11H,4-5,12-13H2,1-3H3,(H,24,27)(H,25,28).